The van der Waals surface area contributed by atoms with Crippen molar-refractivity contribution >= 4 is 28.2 Å². The van der Waals surface area contributed by atoms with Gasteiger partial charge >= 0.3 is 0 Å². The fourth-order valence-electron chi connectivity index (χ4n) is 4.60. The number of benzene rings is 2. The van der Waals surface area contributed by atoms with Gasteiger partial charge in [0.25, 0.3) is 0 Å². The fraction of sp³-hybridized carbons (Fsp3) is 0.292. The fourth-order valence-corrected chi connectivity index (χ4v) is 4.60. The van der Waals surface area contributed by atoms with Gasteiger partial charge in [0.05, 0.1) is 12.2 Å². The molecule has 1 amide bonds. The van der Waals surface area contributed by atoms with E-state index in [2.05, 4.69) is 44.5 Å². The van der Waals surface area contributed by atoms with E-state index in [1.165, 1.54) is 11.6 Å². The highest BCUT2D eigenvalue weighted by atomic mass is 16.3. The first-order valence-electron chi connectivity index (χ1n) is 10.6. The molecule has 7 heteroatoms. The number of aromatic nitrogens is 2. The van der Waals surface area contributed by atoms with E-state index in [0.717, 1.165) is 54.0 Å². The van der Waals surface area contributed by atoms with Crippen LogP contribution >= 0.6 is 0 Å². The van der Waals surface area contributed by atoms with Crippen LogP contribution in [-0.2, 0) is 17.8 Å². The van der Waals surface area contributed by atoms with Crippen molar-refractivity contribution in [1.29, 1.82) is 0 Å². The summed E-state index contributed by atoms with van der Waals surface area (Å²) in [6.07, 6.45) is 3.88. The first-order valence-corrected chi connectivity index (χ1v) is 10.6. The number of aromatic hydroxyl groups is 1. The summed E-state index contributed by atoms with van der Waals surface area (Å²) in [4.78, 5) is 27.5. The van der Waals surface area contributed by atoms with Crippen molar-refractivity contribution < 1.29 is 9.90 Å². The van der Waals surface area contributed by atoms with Crippen LogP contribution in [0.1, 0.15) is 11.3 Å². The summed E-state index contributed by atoms with van der Waals surface area (Å²) in [5.41, 5.74) is 3.35. The topological polar surface area (TPSA) is 72.8 Å². The highest BCUT2D eigenvalue weighted by molar-refractivity contribution is 5.95. The summed E-state index contributed by atoms with van der Waals surface area (Å²) in [6.45, 7) is 8.01. The first-order chi connectivity index (χ1) is 15.1. The maximum Gasteiger partial charge on any atom is 0.246 e. The highest BCUT2D eigenvalue weighted by Gasteiger charge is 2.27. The second-order valence-electron chi connectivity index (χ2n) is 7.99. The molecule has 2 aliphatic rings. The molecule has 5 rings (SSSR count). The number of hydrogen-bond acceptors (Lipinski definition) is 6. The van der Waals surface area contributed by atoms with Crippen molar-refractivity contribution in [3.63, 3.8) is 0 Å². The van der Waals surface area contributed by atoms with Crippen LogP contribution in [0.15, 0.2) is 55.4 Å². The number of phenols is 1. The summed E-state index contributed by atoms with van der Waals surface area (Å²) < 4.78 is 0. The molecule has 1 fully saturated rings. The Morgan fingerprint density at radius 3 is 2.68 bits per heavy atom. The molecule has 158 valence electrons. The molecular formula is C24H25N5O2. The zero-order chi connectivity index (χ0) is 21.4. The van der Waals surface area contributed by atoms with E-state index in [0.29, 0.717) is 19.6 Å². The summed E-state index contributed by atoms with van der Waals surface area (Å²) >= 11 is 0. The van der Waals surface area contributed by atoms with Crippen LogP contribution in [0.25, 0.3) is 10.8 Å². The number of phenolic OH excluding ortho intramolecular Hbond substituents is 1. The molecule has 0 radical (unpaired) electrons. The Hall–Kier alpha value is -3.61. The van der Waals surface area contributed by atoms with Crippen LogP contribution < -0.4 is 9.80 Å². The van der Waals surface area contributed by atoms with Gasteiger partial charge in [0, 0.05) is 49.4 Å². The van der Waals surface area contributed by atoms with Crippen LogP contribution in [0.5, 0.6) is 5.75 Å². The summed E-state index contributed by atoms with van der Waals surface area (Å²) in [5.74, 6) is 1.25. The molecule has 31 heavy (non-hydrogen) atoms. The van der Waals surface area contributed by atoms with Crippen molar-refractivity contribution in [1.82, 2.24) is 14.9 Å². The smallest absolute Gasteiger partial charge is 0.246 e. The number of fused-ring (bicyclic) bond motifs is 2. The lowest BCUT2D eigenvalue weighted by Crippen LogP contribution is -2.49. The van der Waals surface area contributed by atoms with E-state index in [4.69, 9.17) is 0 Å². The normalized spacial score (nSPS) is 16.3. The number of rotatable bonds is 3. The van der Waals surface area contributed by atoms with Crippen molar-refractivity contribution in [3.8, 4) is 5.75 Å². The number of carbonyl (C=O) groups excluding carboxylic acids is 1. The third-order valence-corrected chi connectivity index (χ3v) is 6.23. The van der Waals surface area contributed by atoms with Crippen molar-refractivity contribution in [2.75, 3.05) is 42.5 Å². The van der Waals surface area contributed by atoms with E-state index in [9.17, 15) is 9.90 Å². The van der Waals surface area contributed by atoms with Crippen LogP contribution in [-0.4, -0.2) is 58.6 Å². The van der Waals surface area contributed by atoms with Crippen molar-refractivity contribution in [2.45, 2.75) is 13.0 Å². The van der Waals surface area contributed by atoms with Crippen LogP contribution in [0.2, 0.25) is 0 Å². The molecular weight excluding hydrogens is 390 g/mol. The maximum absolute atomic E-state index is 11.9. The molecule has 1 N–H and O–H groups in total. The van der Waals surface area contributed by atoms with E-state index < -0.39 is 0 Å². The van der Waals surface area contributed by atoms with Gasteiger partial charge < -0.3 is 19.8 Å². The minimum absolute atomic E-state index is 0.0128. The van der Waals surface area contributed by atoms with Gasteiger partial charge in [0.1, 0.15) is 17.9 Å². The molecule has 0 unspecified atom stereocenters. The third-order valence-electron chi connectivity index (χ3n) is 6.23. The van der Waals surface area contributed by atoms with E-state index in [1.54, 1.807) is 12.4 Å². The number of anilines is 2. The number of carbonyl (C=O) groups is 1. The molecule has 2 aromatic carbocycles. The van der Waals surface area contributed by atoms with Crippen molar-refractivity contribution in [3.05, 3.63) is 66.6 Å². The van der Waals surface area contributed by atoms with E-state index >= 15 is 0 Å². The minimum Gasteiger partial charge on any atom is -0.508 e. The van der Waals surface area contributed by atoms with Gasteiger partial charge in [-0.1, -0.05) is 24.8 Å². The van der Waals surface area contributed by atoms with Gasteiger partial charge in [-0.2, -0.15) is 0 Å². The molecule has 1 aromatic heterocycles. The SMILES string of the molecule is C=CC(=O)N1CCN(c2ncnc3c2CCN(c2cccc4ccc(O)cc24)C3)CC1. The van der Waals surface area contributed by atoms with E-state index in [-0.39, 0.29) is 11.7 Å². The standard InChI is InChI=1S/C24H25N5O2/c1-2-23(31)27-10-12-28(13-11-27)24-19-8-9-29(15-21(19)25-16-26-24)22-5-3-4-17-6-7-18(30)14-20(17)22/h2-7,14,16,30H,1,8-13,15H2. The monoisotopic (exact) mass is 415 g/mol. The number of amides is 1. The largest absolute Gasteiger partial charge is 0.508 e. The Kier molecular flexibility index (Phi) is 4.94. The first kappa shape index (κ1) is 19.4. The molecule has 0 saturated carbocycles. The predicted octanol–water partition coefficient (Wildman–Crippen LogP) is 2.73. The van der Waals surface area contributed by atoms with Crippen molar-refractivity contribution in [2.24, 2.45) is 0 Å². The molecule has 0 bridgehead atoms. The predicted molar refractivity (Wildman–Crippen MR) is 121 cm³/mol. The van der Waals surface area contributed by atoms with Crippen LogP contribution in [0.4, 0.5) is 11.5 Å². The van der Waals surface area contributed by atoms with Crippen LogP contribution in [0.3, 0.4) is 0 Å². The average molecular weight is 415 g/mol. The minimum atomic E-state index is -0.0128. The Balaban J connectivity index is 1.40. The zero-order valence-corrected chi connectivity index (χ0v) is 17.4. The number of piperazine rings is 1. The van der Waals surface area contributed by atoms with Gasteiger partial charge in [0.15, 0.2) is 0 Å². The Bertz CT molecular complexity index is 1150. The Morgan fingerprint density at radius 2 is 1.87 bits per heavy atom. The quantitative estimate of drug-likeness (QED) is 0.663. The van der Waals surface area contributed by atoms with Gasteiger partial charge in [-0.3, -0.25) is 4.79 Å². The zero-order valence-electron chi connectivity index (χ0n) is 17.4. The Morgan fingerprint density at radius 1 is 1.03 bits per heavy atom. The van der Waals surface area contributed by atoms with Gasteiger partial charge in [-0.25, -0.2) is 9.97 Å². The lowest BCUT2D eigenvalue weighted by atomic mass is 10.0. The second-order valence-corrected chi connectivity index (χ2v) is 7.99. The van der Waals surface area contributed by atoms with E-state index in [1.807, 2.05) is 17.0 Å². The Labute approximate surface area is 181 Å². The van der Waals surface area contributed by atoms with Gasteiger partial charge in [-0.05, 0) is 36.1 Å². The molecule has 2 aliphatic heterocycles. The summed E-state index contributed by atoms with van der Waals surface area (Å²) in [5, 5.41) is 12.1. The van der Waals surface area contributed by atoms with Crippen LogP contribution in [0, 0.1) is 0 Å². The molecule has 3 heterocycles. The number of hydrogen-bond donors (Lipinski definition) is 1. The molecule has 7 nitrogen and oxygen atoms in total. The highest BCUT2D eigenvalue weighted by Crippen LogP contribution is 2.34. The molecule has 0 atom stereocenters. The van der Waals surface area contributed by atoms with Gasteiger partial charge in [-0.15, -0.1) is 0 Å². The third kappa shape index (κ3) is 3.56. The lowest BCUT2D eigenvalue weighted by molar-refractivity contribution is -0.126. The van der Waals surface area contributed by atoms with Gasteiger partial charge in [0.2, 0.25) is 5.91 Å². The summed E-state index contributed by atoms with van der Waals surface area (Å²) in [6, 6.07) is 11.7. The second kappa shape index (κ2) is 7.91. The lowest BCUT2D eigenvalue weighted by Gasteiger charge is -2.37. The molecule has 3 aromatic rings. The molecule has 0 aliphatic carbocycles. The summed E-state index contributed by atoms with van der Waals surface area (Å²) in [7, 11) is 0. The average Bonchev–Trinajstić information content (AvgIpc) is 2.82. The molecule has 0 spiro atoms. The molecule has 1 saturated heterocycles. The maximum atomic E-state index is 11.9. The number of nitrogens with zero attached hydrogens (tertiary/aromatic N) is 5.